The van der Waals surface area contributed by atoms with Gasteiger partial charge in [0.15, 0.2) is 0 Å². The Bertz CT molecular complexity index is 706. The quantitative estimate of drug-likeness (QED) is 0.820. The molecule has 0 spiro atoms. The molecule has 0 amide bonds. The summed E-state index contributed by atoms with van der Waals surface area (Å²) in [5.41, 5.74) is 0. The summed E-state index contributed by atoms with van der Waals surface area (Å²) in [7, 11) is -3.71. The van der Waals surface area contributed by atoms with Crippen molar-refractivity contribution < 1.29 is 21.9 Å². The Morgan fingerprint density at radius 1 is 1.24 bits per heavy atom. The van der Waals surface area contributed by atoms with E-state index in [1.165, 1.54) is 10.4 Å². The lowest BCUT2D eigenvalue weighted by Crippen LogP contribution is -2.52. The first-order valence-corrected chi connectivity index (χ1v) is 9.89. The van der Waals surface area contributed by atoms with E-state index in [1.54, 1.807) is 0 Å². The number of halogens is 3. The van der Waals surface area contributed by atoms with Gasteiger partial charge in [0.25, 0.3) is 0 Å². The van der Waals surface area contributed by atoms with Gasteiger partial charge in [-0.15, -0.1) is 0 Å². The average Bonchev–Trinajstić information content (AvgIpc) is 3.11. The van der Waals surface area contributed by atoms with Crippen LogP contribution in [0.5, 0.6) is 5.75 Å². The highest BCUT2D eigenvalue weighted by molar-refractivity contribution is 7.89. The van der Waals surface area contributed by atoms with Crippen LogP contribution in [0.25, 0.3) is 0 Å². The normalized spacial score (nSPS) is 23.3. The van der Waals surface area contributed by atoms with Gasteiger partial charge in [0.2, 0.25) is 10.0 Å². The molecule has 1 aromatic rings. The standard InChI is InChI=1S/C15H20ClF2N3O3S/c16-13-9-12(1-2-14(13)24-15(17)18)25(22,23)21-7-5-20(6-8-21)11-3-4-19-10-11/h1-2,9,11,15,19H,3-8,10H2. The molecular formula is C15H20ClF2N3O3S. The van der Waals surface area contributed by atoms with Crippen molar-refractivity contribution in [2.24, 2.45) is 0 Å². The van der Waals surface area contributed by atoms with Crippen molar-refractivity contribution in [2.45, 2.75) is 24.0 Å². The van der Waals surface area contributed by atoms with E-state index < -0.39 is 16.6 Å². The van der Waals surface area contributed by atoms with Crippen LogP contribution < -0.4 is 10.1 Å². The number of nitrogens with one attached hydrogen (secondary N) is 1. The van der Waals surface area contributed by atoms with Crippen LogP contribution in [0.2, 0.25) is 5.02 Å². The fourth-order valence-electron chi connectivity index (χ4n) is 3.24. The second-order valence-corrected chi connectivity index (χ2v) is 8.40. The molecule has 1 aromatic carbocycles. The van der Waals surface area contributed by atoms with Crippen LogP contribution >= 0.6 is 11.6 Å². The molecule has 2 saturated heterocycles. The zero-order valence-electron chi connectivity index (χ0n) is 13.5. The van der Waals surface area contributed by atoms with Gasteiger partial charge in [0.05, 0.1) is 9.92 Å². The summed E-state index contributed by atoms with van der Waals surface area (Å²) in [5.74, 6) is -0.242. The molecule has 140 valence electrons. The number of nitrogens with zero attached hydrogens (tertiary/aromatic N) is 2. The van der Waals surface area contributed by atoms with Crippen LogP contribution in [0.1, 0.15) is 6.42 Å². The number of alkyl halides is 2. The maximum atomic E-state index is 12.7. The van der Waals surface area contributed by atoms with E-state index in [0.29, 0.717) is 32.2 Å². The fourth-order valence-corrected chi connectivity index (χ4v) is 4.98. The Kier molecular flexibility index (Phi) is 5.79. The number of piperazine rings is 1. The van der Waals surface area contributed by atoms with Crippen molar-refractivity contribution in [3.05, 3.63) is 23.2 Å². The van der Waals surface area contributed by atoms with E-state index in [2.05, 4.69) is 15.0 Å². The van der Waals surface area contributed by atoms with Gasteiger partial charge < -0.3 is 10.1 Å². The van der Waals surface area contributed by atoms with Gasteiger partial charge in [-0.25, -0.2) is 8.42 Å². The summed E-state index contributed by atoms with van der Waals surface area (Å²) in [4.78, 5) is 2.29. The lowest BCUT2D eigenvalue weighted by molar-refractivity contribution is -0.0498. The molecule has 3 rings (SSSR count). The van der Waals surface area contributed by atoms with E-state index in [0.717, 1.165) is 31.6 Å². The van der Waals surface area contributed by atoms with E-state index in [9.17, 15) is 17.2 Å². The molecule has 0 aliphatic carbocycles. The summed E-state index contributed by atoms with van der Waals surface area (Å²) in [6.45, 7) is 1.05. The zero-order chi connectivity index (χ0) is 18.0. The fraction of sp³-hybridized carbons (Fsp3) is 0.600. The Hall–Kier alpha value is -1.00. The van der Waals surface area contributed by atoms with Crippen LogP contribution in [0, 0.1) is 0 Å². The van der Waals surface area contributed by atoms with Crippen molar-refractivity contribution in [1.82, 2.24) is 14.5 Å². The van der Waals surface area contributed by atoms with Gasteiger partial charge in [-0.2, -0.15) is 13.1 Å². The van der Waals surface area contributed by atoms with Crippen molar-refractivity contribution in [3.8, 4) is 5.75 Å². The Morgan fingerprint density at radius 3 is 2.52 bits per heavy atom. The minimum atomic E-state index is -3.71. The maximum Gasteiger partial charge on any atom is 0.387 e. The van der Waals surface area contributed by atoms with Crippen LogP contribution in [-0.2, 0) is 10.0 Å². The molecule has 2 aliphatic heterocycles. The van der Waals surface area contributed by atoms with Crippen LogP contribution in [-0.4, -0.2) is 69.5 Å². The predicted molar refractivity (Wildman–Crippen MR) is 89.7 cm³/mol. The minimum Gasteiger partial charge on any atom is -0.433 e. The zero-order valence-corrected chi connectivity index (χ0v) is 15.1. The molecule has 0 saturated carbocycles. The monoisotopic (exact) mass is 395 g/mol. The summed E-state index contributed by atoms with van der Waals surface area (Å²) in [6.07, 6.45) is 1.08. The molecule has 2 aliphatic rings. The Balaban J connectivity index is 1.68. The molecule has 1 atom stereocenters. The third-order valence-electron chi connectivity index (χ3n) is 4.58. The number of hydrogen-bond donors (Lipinski definition) is 1. The van der Waals surface area contributed by atoms with Crippen molar-refractivity contribution in [1.29, 1.82) is 0 Å². The topological polar surface area (TPSA) is 61.9 Å². The highest BCUT2D eigenvalue weighted by Crippen LogP contribution is 2.30. The summed E-state index contributed by atoms with van der Waals surface area (Å²) in [5, 5.41) is 3.15. The van der Waals surface area contributed by atoms with Crippen LogP contribution in [0.15, 0.2) is 23.1 Å². The van der Waals surface area contributed by atoms with Gasteiger partial charge >= 0.3 is 6.61 Å². The molecule has 2 fully saturated rings. The SMILES string of the molecule is O=S(=O)(c1ccc(OC(F)F)c(Cl)c1)N1CCN(C2CCNC2)CC1. The third-order valence-corrected chi connectivity index (χ3v) is 6.77. The van der Waals surface area contributed by atoms with E-state index >= 15 is 0 Å². The molecule has 10 heteroatoms. The minimum absolute atomic E-state index is 0.0184. The molecule has 1 unspecified atom stereocenters. The lowest BCUT2D eigenvalue weighted by atomic mass is 10.2. The molecule has 0 aromatic heterocycles. The van der Waals surface area contributed by atoms with Gasteiger partial charge in [0, 0.05) is 38.8 Å². The third kappa shape index (κ3) is 4.22. The van der Waals surface area contributed by atoms with Gasteiger partial charge in [0.1, 0.15) is 5.75 Å². The average molecular weight is 396 g/mol. The number of hydrogen-bond acceptors (Lipinski definition) is 5. The first-order valence-electron chi connectivity index (χ1n) is 8.07. The Labute approximate surface area is 150 Å². The lowest BCUT2D eigenvalue weighted by Gasteiger charge is -2.37. The smallest absolute Gasteiger partial charge is 0.387 e. The number of benzene rings is 1. The van der Waals surface area contributed by atoms with Crippen molar-refractivity contribution in [3.63, 3.8) is 0 Å². The van der Waals surface area contributed by atoms with E-state index in [4.69, 9.17) is 11.6 Å². The molecule has 0 bridgehead atoms. The van der Waals surface area contributed by atoms with Crippen LogP contribution in [0.3, 0.4) is 0 Å². The predicted octanol–water partition coefficient (Wildman–Crippen LogP) is 1.61. The van der Waals surface area contributed by atoms with E-state index in [-0.39, 0.29) is 15.7 Å². The molecule has 1 N–H and O–H groups in total. The first kappa shape index (κ1) is 18.8. The highest BCUT2D eigenvalue weighted by atomic mass is 35.5. The molecule has 0 radical (unpaired) electrons. The molecule has 2 heterocycles. The molecule has 25 heavy (non-hydrogen) atoms. The van der Waals surface area contributed by atoms with Gasteiger partial charge in [-0.3, -0.25) is 4.90 Å². The second kappa shape index (κ2) is 7.71. The van der Waals surface area contributed by atoms with Gasteiger partial charge in [-0.05, 0) is 31.2 Å². The maximum absolute atomic E-state index is 12.7. The van der Waals surface area contributed by atoms with Crippen molar-refractivity contribution in [2.75, 3.05) is 39.3 Å². The number of sulfonamides is 1. The molecule has 6 nitrogen and oxygen atoms in total. The summed E-state index contributed by atoms with van der Waals surface area (Å²) in [6, 6.07) is 4.01. The van der Waals surface area contributed by atoms with Crippen LogP contribution in [0.4, 0.5) is 8.78 Å². The Morgan fingerprint density at radius 2 is 1.96 bits per heavy atom. The summed E-state index contributed by atoms with van der Waals surface area (Å²) < 4.78 is 55.7. The van der Waals surface area contributed by atoms with E-state index in [1.807, 2.05) is 0 Å². The number of rotatable bonds is 5. The number of ether oxygens (including phenoxy) is 1. The van der Waals surface area contributed by atoms with Gasteiger partial charge in [-0.1, -0.05) is 11.6 Å². The second-order valence-electron chi connectivity index (χ2n) is 6.06. The van der Waals surface area contributed by atoms with Crippen molar-refractivity contribution >= 4 is 21.6 Å². The summed E-state index contributed by atoms with van der Waals surface area (Å²) >= 11 is 5.87. The largest absolute Gasteiger partial charge is 0.433 e. The highest BCUT2D eigenvalue weighted by Gasteiger charge is 2.32. The first-order chi connectivity index (χ1) is 11.9. The molecular weight excluding hydrogens is 376 g/mol.